The lowest BCUT2D eigenvalue weighted by Gasteiger charge is -2.32. The van der Waals surface area contributed by atoms with Crippen LogP contribution in [0.15, 0.2) is 42.9 Å². The third kappa shape index (κ3) is 4.08. The van der Waals surface area contributed by atoms with Gasteiger partial charge in [0, 0.05) is 42.7 Å². The Bertz CT molecular complexity index is 1280. The molecule has 0 amide bonds. The summed E-state index contributed by atoms with van der Waals surface area (Å²) in [5.41, 5.74) is 2.51. The Hall–Kier alpha value is -3.33. The molecule has 1 aliphatic rings. The molecule has 1 N–H and O–H groups in total. The quantitative estimate of drug-likeness (QED) is 0.488. The SMILES string of the molecule is Cc1cc(N2CCC(Nc3nc4c(-c5ccc(F)c(F)c5)cc(Cl)cn4n3)CC2)ncn1. The van der Waals surface area contributed by atoms with Gasteiger partial charge in [0.1, 0.15) is 12.1 Å². The van der Waals surface area contributed by atoms with Crippen molar-refractivity contribution in [2.45, 2.75) is 25.8 Å². The number of nitrogens with zero attached hydrogens (tertiary/aromatic N) is 6. The molecule has 0 radical (unpaired) electrons. The summed E-state index contributed by atoms with van der Waals surface area (Å²) in [6.45, 7) is 3.66. The van der Waals surface area contributed by atoms with Gasteiger partial charge in [0.05, 0.1) is 5.02 Å². The van der Waals surface area contributed by atoms with Crippen LogP contribution in [0.2, 0.25) is 5.02 Å². The number of hydrogen-bond acceptors (Lipinski definition) is 6. The molecule has 1 aromatic carbocycles. The summed E-state index contributed by atoms with van der Waals surface area (Å²) in [7, 11) is 0. The van der Waals surface area contributed by atoms with Crippen LogP contribution >= 0.6 is 11.6 Å². The largest absolute Gasteiger partial charge is 0.356 e. The van der Waals surface area contributed by atoms with E-state index in [9.17, 15) is 8.78 Å². The van der Waals surface area contributed by atoms with Crippen molar-refractivity contribution in [1.29, 1.82) is 0 Å². The van der Waals surface area contributed by atoms with Gasteiger partial charge in [-0.2, -0.15) is 4.98 Å². The number of halogens is 3. The zero-order chi connectivity index (χ0) is 22.2. The maximum Gasteiger partial charge on any atom is 0.243 e. The van der Waals surface area contributed by atoms with Gasteiger partial charge in [-0.05, 0) is 43.5 Å². The number of nitrogens with one attached hydrogen (secondary N) is 1. The van der Waals surface area contributed by atoms with Crippen molar-refractivity contribution in [2.24, 2.45) is 0 Å². The average Bonchev–Trinajstić information content (AvgIpc) is 3.17. The highest BCUT2D eigenvalue weighted by Gasteiger charge is 2.22. The fourth-order valence-electron chi connectivity index (χ4n) is 3.94. The van der Waals surface area contributed by atoms with Gasteiger partial charge in [0.2, 0.25) is 5.95 Å². The number of pyridine rings is 1. The Balaban J connectivity index is 1.35. The van der Waals surface area contributed by atoms with Crippen molar-refractivity contribution < 1.29 is 8.78 Å². The number of aromatic nitrogens is 5. The van der Waals surface area contributed by atoms with Gasteiger partial charge in [-0.15, -0.1) is 5.10 Å². The van der Waals surface area contributed by atoms with Crippen molar-refractivity contribution in [1.82, 2.24) is 24.6 Å². The van der Waals surface area contributed by atoms with E-state index in [1.54, 1.807) is 23.1 Å². The molecule has 0 bridgehead atoms. The van der Waals surface area contributed by atoms with E-state index in [0.29, 0.717) is 27.7 Å². The maximum absolute atomic E-state index is 13.8. The summed E-state index contributed by atoms with van der Waals surface area (Å²) < 4.78 is 28.7. The van der Waals surface area contributed by atoms with Crippen molar-refractivity contribution in [2.75, 3.05) is 23.3 Å². The van der Waals surface area contributed by atoms with Crippen LogP contribution in [0.4, 0.5) is 20.5 Å². The van der Waals surface area contributed by atoms with Crippen molar-refractivity contribution in [3.8, 4) is 11.1 Å². The first-order chi connectivity index (χ1) is 15.5. The lowest BCUT2D eigenvalue weighted by atomic mass is 10.1. The zero-order valence-electron chi connectivity index (χ0n) is 17.3. The third-order valence-corrected chi connectivity index (χ3v) is 5.78. The van der Waals surface area contributed by atoms with Crippen LogP contribution in [-0.2, 0) is 0 Å². The Morgan fingerprint density at radius 3 is 2.62 bits per heavy atom. The minimum Gasteiger partial charge on any atom is -0.356 e. The Kier molecular flexibility index (Phi) is 5.34. The first-order valence-corrected chi connectivity index (χ1v) is 10.7. The summed E-state index contributed by atoms with van der Waals surface area (Å²) in [5, 5.41) is 8.30. The highest BCUT2D eigenvalue weighted by molar-refractivity contribution is 6.30. The molecule has 0 aliphatic carbocycles. The zero-order valence-corrected chi connectivity index (χ0v) is 18.0. The molecule has 10 heteroatoms. The summed E-state index contributed by atoms with van der Waals surface area (Å²) in [4.78, 5) is 15.4. The van der Waals surface area contributed by atoms with Crippen LogP contribution in [0.1, 0.15) is 18.5 Å². The number of piperidine rings is 1. The number of hydrogen-bond donors (Lipinski definition) is 1. The van der Waals surface area contributed by atoms with Crippen LogP contribution in [0.5, 0.6) is 0 Å². The highest BCUT2D eigenvalue weighted by Crippen LogP contribution is 2.29. The molecule has 1 saturated heterocycles. The van der Waals surface area contributed by atoms with E-state index in [1.807, 2.05) is 13.0 Å². The van der Waals surface area contributed by atoms with E-state index in [1.165, 1.54) is 6.07 Å². The van der Waals surface area contributed by atoms with Gasteiger partial charge in [-0.25, -0.2) is 23.3 Å². The monoisotopic (exact) mass is 455 g/mol. The average molecular weight is 456 g/mol. The molecule has 164 valence electrons. The fraction of sp³-hybridized carbons (Fsp3) is 0.273. The standard InChI is InChI=1S/C22H20ClF2N7/c1-13-8-20(27-12-26-13)31-6-4-16(5-7-31)28-22-29-21-17(10-15(23)11-32(21)30-22)14-2-3-18(24)19(25)9-14/h2-3,8-12,16H,4-7H2,1H3,(H,28,30). The Morgan fingerprint density at radius 2 is 1.88 bits per heavy atom. The second-order valence-corrected chi connectivity index (χ2v) is 8.26. The number of benzene rings is 1. The molecular weight excluding hydrogens is 436 g/mol. The molecule has 3 aromatic heterocycles. The van der Waals surface area contributed by atoms with E-state index in [4.69, 9.17) is 11.6 Å². The first kappa shape index (κ1) is 20.6. The second kappa shape index (κ2) is 8.31. The second-order valence-electron chi connectivity index (χ2n) is 7.83. The van der Waals surface area contributed by atoms with E-state index >= 15 is 0 Å². The van der Waals surface area contributed by atoms with E-state index in [2.05, 4.69) is 30.3 Å². The fourth-order valence-corrected chi connectivity index (χ4v) is 4.14. The predicted molar refractivity (Wildman–Crippen MR) is 119 cm³/mol. The Labute approximate surface area is 188 Å². The summed E-state index contributed by atoms with van der Waals surface area (Å²) in [5.74, 6) is -0.428. The van der Waals surface area contributed by atoms with Gasteiger partial charge >= 0.3 is 0 Å². The maximum atomic E-state index is 13.8. The molecule has 7 nitrogen and oxygen atoms in total. The number of aryl methyl sites for hydroxylation is 1. The molecule has 0 spiro atoms. The van der Waals surface area contributed by atoms with Crippen LogP contribution in [-0.4, -0.2) is 43.7 Å². The third-order valence-electron chi connectivity index (χ3n) is 5.57. The van der Waals surface area contributed by atoms with Crippen molar-refractivity contribution in [3.05, 3.63) is 65.2 Å². The molecular formula is C22H20ClF2N7. The highest BCUT2D eigenvalue weighted by atomic mass is 35.5. The molecule has 0 saturated carbocycles. The summed E-state index contributed by atoms with van der Waals surface area (Å²) in [6, 6.07) is 7.58. The molecule has 4 aromatic rings. The van der Waals surface area contributed by atoms with Gasteiger partial charge in [0.25, 0.3) is 0 Å². The predicted octanol–water partition coefficient (Wildman–Crippen LogP) is 4.51. The van der Waals surface area contributed by atoms with Gasteiger partial charge < -0.3 is 10.2 Å². The minimum atomic E-state index is -0.927. The minimum absolute atomic E-state index is 0.203. The van der Waals surface area contributed by atoms with E-state index in [-0.39, 0.29) is 6.04 Å². The first-order valence-electron chi connectivity index (χ1n) is 10.3. The normalized spacial score (nSPS) is 14.8. The number of anilines is 2. The lowest BCUT2D eigenvalue weighted by molar-refractivity contribution is 0.509. The van der Waals surface area contributed by atoms with E-state index in [0.717, 1.165) is 49.6 Å². The van der Waals surface area contributed by atoms with Crippen LogP contribution < -0.4 is 10.2 Å². The summed E-state index contributed by atoms with van der Waals surface area (Å²) >= 11 is 6.24. The van der Waals surface area contributed by atoms with E-state index < -0.39 is 11.6 Å². The molecule has 32 heavy (non-hydrogen) atoms. The summed E-state index contributed by atoms with van der Waals surface area (Å²) in [6.07, 6.45) is 5.02. The molecule has 5 rings (SSSR count). The molecule has 1 fully saturated rings. The Morgan fingerprint density at radius 1 is 1.06 bits per heavy atom. The topological polar surface area (TPSA) is 71.2 Å². The molecule has 0 atom stereocenters. The van der Waals surface area contributed by atoms with Crippen LogP contribution in [0.25, 0.3) is 16.8 Å². The van der Waals surface area contributed by atoms with Crippen molar-refractivity contribution in [3.63, 3.8) is 0 Å². The van der Waals surface area contributed by atoms with Gasteiger partial charge in [-0.1, -0.05) is 17.7 Å². The molecule has 0 unspecified atom stereocenters. The smallest absolute Gasteiger partial charge is 0.243 e. The number of rotatable bonds is 4. The van der Waals surface area contributed by atoms with Crippen molar-refractivity contribution >= 4 is 29.0 Å². The van der Waals surface area contributed by atoms with Crippen LogP contribution in [0.3, 0.4) is 0 Å². The molecule has 4 heterocycles. The number of fused-ring (bicyclic) bond motifs is 1. The van der Waals surface area contributed by atoms with Gasteiger partial charge in [0.15, 0.2) is 17.3 Å². The van der Waals surface area contributed by atoms with Crippen LogP contribution in [0, 0.1) is 18.6 Å². The molecule has 1 aliphatic heterocycles. The lowest BCUT2D eigenvalue weighted by Crippen LogP contribution is -2.39. The van der Waals surface area contributed by atoms with Gasteiger partial charge in [-0.3, -0.25) is 0 Å².